The molecule has 9 heteroatoms. The zero-order valence-corrected chi connectivity index (χ0v) is 17.6. The van der Waals surface area contributed by atoms with Crippen molar-refractivity contribution in [2.75, 3.05) is 13.6 Å². The Morgan fingerprint density at radius 1 is 1.31 bits per heavy atom. The van der Waals surface area contributed by atoms with Gasteiger partial charge in [0.25, 0.3) is 5.91 Å². The van der Waals surface area contributed by atoms with Gasteiger partial charge in [-0.1, -0.05) is 0 Å². The molecule has 2 atom stereocenters. The van der Waals surface area contributed by atoms with E-state index in [1.54, 1.807) is 23.0 Å². The first-order valence-corrected chi connectivity index (χ1v) is 9.97. The second-order valence-corrected chi connectivity index (χ2v) is 9.01. The van der Waals surface area contributed by atoms with Gasteiger partial charge in [0.05, 0.1) is 18.8 Å². The third kappa shape index (κ3) is 3.61. The lowest BCUT2D eigenvalue weighted by molar-refractivity contribution is 0.0136. The van der Waals surface area contributed by atoms with E-state index in [1.165, 1.54) is 0 Å². The maximum absolute atomic E-state index is 13.2. The van der Waals surface area contributed by atoms with Gasteiger partial charge in [-0.3, -0.25) is 14.6 Å². The molecule has 0 saturated heterocycles. The molecule has 4 heterocycles. The largest absolute Gasteiger partial charge is 0.444 e. The van der Waals surface area contributed by atoms with E-state index in [0.29, 0.717) is 31.7 Å². The Morgan fingerprint density at radius 2 is 2.07 bits per heavy atom. The van der Waals surface area contributed by atoms with Gasteiger partial charge in [0.2, 0.25) is 0 Å². The highest BCUT2D eigenvalue weighted by atomic mass is 16.6. The van der Waals surface area contributed by atoms with Crippen LogP contribution in [-0.2, 0) is 24.2 Å². The molecule has 2 amide bonds. The van der Waals surface area contributed by atoms with Crippen LogP contribution in [0.15, 0.2) is 12.3 Å². The highest BCUT2D eigenvalue weighted by Crippen LogP contribution is 2.31. The third-order valence-electron chi connectivity index (χ3n) is 5.51. The SMILES string of the molecule is C[C@@H]1Cc2nn3c(c2CN1C(=O)OC(C)(C)C)C(=O)N(C)CC(c1ccn[nH]1)C3. The smallest absolute Gasteiger partial charge is 0.410 e. The summed E-state index contributed by atoms with van der Waals surface area (Å²) in [6.07, 6.45) is 1.96. The van der Waals surface area contributed by atoms with E-state index in [0.717, 1.165) is 17.0 Å². The van der Waals surface area contributed by atoms with Crippen molar-refractivity contribution in [3.8, 4) is 0 Å². The fourth-order valence-electron chi connectivity index (χ4n) is 4.08. The van der Waals surface area contributed by atoms with Gasteiger partial charge >= 0.3 is 6.09 Å². The van der Waals surface area contributed by atoms with Crippen LogP contribution in [0.1, 0.15) is 61.1 Å². The lowest BCUT2D eigenvalue weighted by Gasteiger charge is -2.34. The Bertz CT molecular complexity index is 927. The summed E-state index contributed by atoms with van der Waals surface area (Å²) in [5.74, 6) is 0.00731. The van der Waals surface area contributed by atoms with Crippen molar-refractivity contribution in [2.24, 2.45) is 0 Å². The van der Waals surface area contributed by atoms with E-state index in [9.17, 15) is 9.59 Å². The molecular weight excluding hydrogens is 372 g/mol. The van der Waals surface area contributed by atoms with Crippen LogP contribution < -0.4 is 0 Å². The molecule has 4 rings (SSSR count). The number of nitrogens with one attached hydrogen (secondary N) is 1. The first-order valence-electron chi connectivity index (χ1n) is 9.97. The zero-order chi connectivity index (χ0) is 20.9. The number of ether oxygens (including phenoxy) is 1. The van der Waals surface area contributed by atoms with Crippen LogP contribution >= 0.6 is 0 Å². The minimum Gasteiger partial charge on any atom is -0.444 e. The van der Waals surface area contributed by atoms with Crippen molar-refractivity contribution >= 4 is 12.0 Å². The predicted octanol–water partition coefficient (Wildman–Crippen LogP) is 2.16. The molecule has 0 bridgehead atoms. The Labute approximate surface area is 170 Å². The molecular formula is C20H28N6O3. The van der Waals surface area contributed by atoms with E-state index in [1.807, 2.05) is 38.4 Å². The molecule has 29 heavy (non-hydrogen) atoms. The van der Waals surface area contributed by atoms with Crippen LogP contribution in [0.25, 0.3) is 0 Å². The zero-order valence-electron chi connectivity index (χ0n) is 17.6. The van der Waals surface area contributed by atoms with Crippen LogP contribution in [0.3, 0.4) is 0 Å². The van der Waals surface area contributed by atoms with Gasteiger partial charge in [0, 0.05) is 49.4 Å². The average Bonchev–Trinajstić information content (AvgIpc) is 3.23. The second kappa shape index (κ2) is 6.89. The summed E-state index contributed by atoms with van der Waals surface area (Å²) in [5.41, 5.74) is 2.70. The Morgan fingerprint density at radius 3 is 2.72 bits per heavy atom. The van der Waals surface area contributed by atoms with Gasteiger partial charge < -0.3 is 14.5 Å². The molecule has 0 aromatic carbocycles. The van der Waals surface area contributed by atoms with E-state index in [-0.39, 0.29) is 24.0 Å². The minimum atomic E-state index is -0.569. The number of H-pyrrole nitrogens is 1. The van der Waals surface area contributed by atoms with Crippen LogP contribution in [-0.4, -0.2) is 67.0 Å². The van der Waals surface area contributed by atoms with Crippen molar-refractivity contribution in [3.63, 3.8) is 0 Å². The van der Waals surface area contributed by atoms with E-state index in [2.05, 4.69) is 10.2 Å². The number of amides is 2. The van der Waals surface area contributed by atoms with Crippen LogP contribution in [0, 0.1) is 0 Å². The number of carbonyl (C=O) groups excluding carboxylic acids is 2. The molecule has 0 radical (unpaired) electrons. The Balaban J connectivity index is 1.68. The lowest BCUT2D eigenvalue weighted by Crippen LogP contribution is -2.45. The number of aromatic nitrogens is 4. The van der Waals surface area contributed by atoms with Crippen molar-refractivity contribution < 1.29 is 14.3 Å². The number of nitrogens with zero attached hydrogens (tertiary/aromatic N) is 5. The molecule has 0 saturated carbocycles. The summed E-state index contributed by atoms with van der Waals surface area (Å²) in [7, 11) is 1.80. The fourth-order valence-corrected chi connectivity index (χ4v) is 4.08. The van der Waals surface area contributed by atoms with Crippen LogP contribution in [0.4, 0.5) is 4.79 Å². The molecule has 2 aliphatic heterocycles. The fraction of sp³-hybridized carbons (Fsp3) is 0.600. The molecule has 0 fully saturated rings. The first-order chi connectivity index (χ1) is 13.6. The second-order valence-electron chi connectivity index (χ2n) is 9.01. The van der Waals surface area contributed by atoms with Crippen molar-refractivity contribution in [1.29, 1.82) is 0 Å². The lowest BCUT2D eigenvalue weighted by atomic mass is 9.99. The van der Waals surface area contributed by atoms with Crippen molar-refractivity contribution in [1.82, 2.24) is 29.8 Å². The average molecular weight is 400 g/mol. The number of rotatable bonds is 1. The van der Waals surface area contributed by atoms with Gasteiger partial charge in [0.15, 0.2) is 0 Å². The Kier molecular flexibility index (Phi) is 4.63. The number of fused-ring (bicyclic) bond motifs is 3. The summed E-state index contributed by atoms with van der Waals surface area (Å²) in [6.45, 7) is 9.03. The summed E-state index contributed by atoms with van der Waals surface area (Å²) in [6, 6.07) is 1.89. The van der Waals surface area contributed by atoms with E-state index >= 15 is 0 Å². The highest BCUT2D eigenvalue weighted by molar-refractivity contribution is 5.94. The number of likely N-dealkylation sites (N-methyl/N-ethyl adjacent to an activating group) is 1. The molecule has 0 spiro atoms. The topological polar surface area (TPSA) is 96.3 Å². The highest BCUT2D eigenvalue weighted by Gasteiger charge is 2.38. The molecule has 156 valence electrons. The quantitative estimate of drug-likeness (QED) is 0.791. The molecule has 9 nitrogen and oxygen atoms in total. The van der Waals surface area contributed by atoms with E-state index < -0.39 is 5.60 Å². The van der Waals surface area contributed by atoms with Crippen LogP contribution in [0.2, 0.25) is 0 Å². The maximum atomic E-state index is 13.2. The maximum Gasteiger partial charge on any atom is 0.410 e. The molecule has 2 aromatic rings. The molecule has 1 N–H and O–H groups in total. The summed E-state index contributed by atoms with van der Waals surface area (Å²) < 4.78 is 7.39. The standard InChI is InChI=1S/C20H28N6O3/c1-12-8-16-14(11-25(12)19(28)29-20(2,3)4)17-18(27)24(5)9-13(10-26(17)23-16)15-6-7-21-22-15/h6-7,12-13H,8-11H2,1-5H3,(H,21,22)/t12-,13?/m1/s1. The number of carbonyl (C=O) groups is 2. The predicted molar refractivity (Wildman–Crippen MR) is 105 cm³/mol. The molecule has 1 unspecified atom stereocenters. The van der Waals surface area contributed by atoms with Crippen molar-refractivity contribution in [2.45, 2.75) is 64.8 Å². The van der Waals surface area contributed by atoms with Gasteiger partial charge in [-0.2, -0.15) is 10.2 Å². The van der Waals surface area contributed by atoms with Gasteiger partial charge in [-0.25, -0.2) is 4.79 Å². The summed E-state index contributed by atoms with van der Waals surface area (Å²) in [5, 5.41) is 11.8. The minimum absolute atomic E-state index is 0.0484. The molecule has 2 aromatic heterocycles. The van der Waals surface area contributed by atoms with E-state index in [4.69, 9.17) is 9.84 Å². The molecule has 2 aliphatic rings. The van der Waals surface area contributed by atoms with Crippen molar-refractivity contribution in [3.05, 3.63) is 34.9 Å². The van der Waals surface area contributed by atoms with Gasteiger partial charge in [-0.05, 0) is 33.8 Å². The van der Waals surface area contributed by atoms with Crippen LogP contribution in [0.5, 0.6) is 0 Å². The monoisotopic (exact) mass is 400 g/mol. The summed E-state index contributed by atoms with van der Waals surface area (Å²) in [4.78, 5) is 29.3. The number of hydrogen-bond donors (Lipinski definition) is 1. The Hall–Kier alpha value is -2.84. The number of hydrogen-bond acceptors (Lipinski definition) is 5. The first kappa shape index (κ1) is 19.5. The number of aromatic amines is 1. The summed E-state index contributed by atoms with van der Waals surface area (Å²) >= 11 is 0. The normalized spacial score (nSPS) is 22.2. The molecule has 0 aliphatic carbocycles. The third-order valence-corrected chi connectivity index (χ3v) is 5.51. The van der Waals surface area contributed by atoms with Gasteiger partial charge in [0.1, 0.15) is 11.3 Å². The van der Waals surface area contributed by atoms with Gasteiger partial charge in [-0.15, -0.1) is 0 Å².